The van der Waals surface area contributed by atoms with E-state index in [1.807, 2.05) is 0 Å². The smallest absolute Gasteiger partial charge is 0.174 e. The van der Waals surface area contributed by atoms with Crippen molar-refractivity contribution in [2.45, 2.75) is 78.9 Å². The molecule has 3 aliphatic rings. The molecule has 2 saturated carbocycles. The number of rotatable bonds is 4. The van der Waals surface area contributed by atoms with Crippen molar-refractivity contribution in [2.75, 3.05) is 13.2 Å². The average molecular weight is 375 g/mol. The van der Waals surface area contributed by atoms with Crippen molar-refractivity contribution in [1.29, 1.82) is 0 Å². The van der Waals surface area contributed by atoms with E-state index in [1.165, 1.54) is 49.7 Å². The van der Waals surface area contributed by atoms with Crippen molar-refractivity contribution < 1.29 is 9.47 Å². The summed E-state index contributed by atoms with van der Waals surface area (Å²) in [4.78, 5) is 0. The number of hydrogen-bond donors (Lipinski definition) is 0. The van der Waals surface area contributed by atoms with Gasteiger partial charge in [-0.2, -0.15) is 0 Å². The second-order valence-electron chi connectivity index (χ2n) is 10.3. The summed E-state index contributed by atoms with van der Waals surface area (Å²) in [5.41, 5.74) is 2.67. The van der Waals surface area contributed by atoms with Gasteiger partial charge in [0.1, 0.15) is 0 Å². The van der Waals surface area contributed by atoms with E-state index in [4.69, 9.17) is 9.47 Å². The molecule has 2 aliphatic carbocycles. The summed E-state index contributed by atoms with van der Waals surface area (Å²) in [5.74, 6) is 3.54. The lowest BCUT2D eigenvalue weighted by Gasteiger charge is -2.56. The summed E-state index contributed by atoms with van der Waals surface area (Å²) in [6.45, 7) is 21.7. The van der Waals surface area contributed by atoms with Gasteiger partial charge >= 0.3 is 0 Å². The van der Waals surface area contributed by atoms with Crippen LogP contribution in [0, 0.1) is 41.4 Å². The third-order valence-corrected chi connectivity index (χ3v) is 8.01. The van der Waals surface area contributed by atoms with Crippen molar-refractivity contribution in [3.8, 4) is 0 Å². The standard InChI is InChI=1S/C25H42O2/c1-16(2)21-10-8-19(6)23(12-21)25(26-14-18(5)15-27-25)24-13-22(17(3)4)11-9-20(24)7/h18-24H,1,3,8-15H2,2,4-7H3. The topological polar surface area (TPSA) is 18.5 Å². The number of ether oxygens (including phenoxy) is 2. The minimum Gasteiger partial charge on any atom is -0.349 e. The van der Waals surface area contributed by atoms with E-state index in [2.05, 4.69) is 47.8 Å². The molecule has 0 radical (unpaired) electrons. The molecule has 1 heterocycles. The molecule has 0 spiro atoms. The molecule has 0 aromatic carbocycles. The maximum absolute atomic E-state index is 6.77. The first-order valence-electron chi connectivity index (χ1n) is 11.3. The van der Waals surface area contributed by atoms with E-state index in [0.29, 0.717) is 41.4 Å². The Morgan fingerprint density at radius 1 is 0.741 bits per heavy atom. The Labute approximate surface area is 167 Å². The van der Waals surface area contributed by atoms with Crippen LogP contribution in [-0.2, 0) is 9.47 Å². The highest BCUT2D eigenvalue weighted by Crippen LogP contribution is 2.54. The van der Waals surface area contributed by atoms with Gasteiger partial charge in [-0.3, -0.25) is 0 Å². The molecule has 0 N–H and O–H groups in total. The molecule has 0 aromatic heterocycles. The van der Waals surface area contributed by atoms with Crippen LogP contribution in [0.15, 0.2) is 24.3 Å². The van der Waals surface area contributed by atoms with Crippen molar-refractivity contribution in [2.24, 2.45) is 41.4 Å². The molecule has 0 amide bonds. The van der Waals surface area contributed by atoms with Crippen molar-refractivity contribution in [3.05, 3.63) is 24.3 Å². The van der Waals surface area contributed by atoms with Crippen LogP contribution in [0.2, 0.25) is 0 Å². The zero-order chi connectivity index (χ0) is 19.8. The molecular weight excluding hydrogens is 332 g/mol. The summed E-state index contributed by atoms with van der Waals surface area (Å²) < 4.78 is 13.5. The molecule has 6 unspecified atom stereocenters. The first-order valence-corrected chi connectivity index (χ1v) is 11.3. The third-order valence-electron chi connectivity index (χ3n) is 8.01. The maximum Gasteiger partial charge on any atom is 0.174 e. The molecule has 27 heavy (non-hydrogen) atoms. The predicted octanol–water partition coefficient (Wildman–Crippen LogP) is 6.62. The van der Waals surface area contributed by atoms with Crippen LogP contribution in [-0.4, -0.2) is 19.0 Å². The van der Waals surface area contributed by atoms with Crippen LogP contribution in [0.5, 0.6) is 0 Å². The third kappa shape index (κ3) is 4.22. The lowest BCUT2D eigenvalue weighted by atomic mass is 9.61. The van der Waals surface area contributed by atoms with E-state index < -0.39 is 5.79 Å². The fourth-order valence-corrected chi connectivity index (χ4v) is 6.00. The second-order valence-corrected chi connectivity index (χ2v) is 10.3. The van der Waals surface area contributed by atoms with Crippen molar-refractivity contribution in [1.82, 2.24) is 0 Å². The fourth-order valence-electron chi connectivity index (χ4n) is 6.00. The molecule has 0 aromatic rings. The van der Waals surface area contributed by atoms with Crippen LogP contribution in [0.3, 0.4) is 0 Å². The maximum atomic E-state index is 6.77. The molecule has 3 fully saturated rings. The van der Waals surface area contributed by atoms with Gasteiger partial charge in [-0.1, -0.05) is 45.1 Å². The van der Waals surface area contributed by atoms with Crippen LogP contribution in [0.25, 0.3) is 0 Å². The van der Waals surface area contributed by atoms with Gasteiger partial charge in [0.25, 0.3) is 0 Å². The van der Waals surface area contributed by atoms with Crippen LogP contribution < -0.4 is 0 Å². The minimum absolute atomic E-state index is 0.409. The van der Waals surface area contributed by atoms with Gasteiger partial charge in [0, 0.05) is 17.8 Å². The van der Waals surface area contributed by atoms with Crippen LogP contribution >= 0.6 is 0 Å². The lowest BCUT2D eigenvalue weighted by Crippen LogP contribution is -2.59. The first-order chi connectivity index (χ1) is 12.7. The number of allylic oxidation sites excluding steroid dienone is 2. The molecule has 2 nitrogen and oxygen atoms in total. The van der Waals surface area contributed by atoms with E-state index in [1.54, 1.807) is 0 Å². The van der Waals surface area contributed by atoms with E-state index >= 15 is 0 Å². The van der Waals surface area contributed by atoms with Crippen LogP contribution in [0.1, 0.15) is 73.1 Å². The van der Waals surface area contributed by atoms with Gasteiger partial charge in [0.15, 0.2) is 5.79 Å². The second kappa shape index (κ2) is 8.41. The molecule has 6 atom stereocenters. The van der Waals surface area contributed by atoms with Gasteiger partial charge in [0.05, 0.1) is 13.2 Å². The highest BCUT2D eigenvalue weighted by Gasteiger charge is 2.55. The molecule has 1 saturated heterocycles. The largest absolute Gasteiger partial charge is 0.349 e. The Kier molecular flexibility index (Phi) is 6.58. The van der Waals surface area contributed by atoms with Gasteiger partial charge in [-0.25, -0.2) is 0 Å². The Hall–Kier alpha value is -0.600. The summed E-state index contributed by atoms with van der Waals surface area (Å²) in [7, 11) is 0. The minimum atomic E-state index is -0.409. The summed E-state index contributed by atoms with van der Waals surface area (Å²) in [6, 6.07) is 0. The molecule has 2 heteroatoms. The molecule has 3 rings (SSSR count). The molecule has 1 aliphatic heterocycles. The van der Waals surface area contributed by atoms with Crippen LogP contribution in [0.4, 0.5) is 0 Å². The van der Waals surface area contributed by atoms with Crippen molar-refractivity contribution in [3.63, 3.8) is 0 Å². The van der Waals surface area contributed by atoms with Gasteiger partial charge in [-0.05, 0) is 76.0 Å². The molecular formula is C25H42O2. The summed E-state index contributed by atoms with van der Waals surface area (Å²) >= 11 is 0. The molecule has 0 bridgehead atoms. The Balaban J connectivity index is 1.93. The Morgan fingerprint density at radius 3 is 1.52 bits per heavy atom. The van der Waals surface area contributed by atoms with Gasteiger partial charge in [-0.15, -0.1) is 0 Å². The van der Waals surface area contributed by atoms with Gasteiger partial charge in [0.2, 0.25) is 0 Å². The number of hydrogen-bond acceptors (Lipinski definition) is 2. The fraction of sp³-hybridized carbons (Fsp3) is 0.840. The normalized spacial score (nSPS) is 46.0. The highest BCUT2D eigenvalue weighted by atomic mass is 16.7. The zero-order valence-electron chi connectivity index (χ0n) is 18.4. The average Bonchev–Trinajstić information content (AvgIpc) is 2.63. The first kappa shape index (κ1) is 21.1. The lowest BCUT2D eigenvalue weighted by molar-refractivity contribution is -0.352. The Morgan fingerprint density at radius 2 is 1.15 bits per heavy atom. The monoisotopic (exact) mass is 374 g/mol. The summed E-state index contributed by atoms with van der Waals surface area (Å²) in [5, 5.41) is 0. The highest BCUT2D eigenvalue weighted by molar-refractivity contribution is 5.07. The predicted molar refractivity (Wildman–Crippen MR) is 113 cm³/mol. The van der Waals surface area contributed by atoms with Crippen molar-refractivity contribution >= 4 is 0 Å². The van der Waals surface area contributed by atoms with E-state index in [0.717, 1.165) is 13.2 Å². The van der Waals surface area contributed by atoms with Gasteiger partial charge < -0.3 is 9.47 Å². The SMILES string of the molecule is C=C(C)C1CCC(C)C(C2(C3CC(C(=C)C)CCC3C)OCC(C)CO2)C1. The molecule has 154 valence electrons. The quantitative estimate of drug-likeness (QED) is 0.515. The van der Waals surface area contributed by atoms with E-state index in [9.17, 15) is 0 Å². The summed E-state index contributed by atoms with van der Waals surface area (Å²) in [6.07, 6.45) is 7.41. The van der Waals surface area contributed by atoms with E-state index in [-0.39, 0.29) is 0 Å². The zero-order valence-corrected chi connectivity index (χ0v) is 18.4. The Bertz CT molecular complexity index is 503.